The highest BCUT2D eigenvalue weighted by atomic mass is 32.2. The van der Waals surface area contributed by atoms with E-state index in [0.29, 0.717) is 0 Å². The number of benzene rings is 1. The van der Waals surface area contributed by atoms with Crippen molar-refractivity contribution in [2.75, 3.05) is 23.9 Å². The highest BCUT2D eigenvalue weighted by Gasteiger charge is 2.12. The molecule has 0 radical (unpaired) electrons. The molecule has 1 aromatic carbocycles. The first-order valence-electron chi connectivity index (χ1n) is 6.23. The molecule has 0 unspecified atom stereocenters. The number of nitrogens with one attached hydrogen (secondary N) is 1. The first-order chi connectivity index (χ1) is 8.86. The molecule has 108 valence electrons. The molecule has 4 nitrogen and oxygen atoms in total. The largest absolute Gasteiger partial charge is 0.385 e. The molecule has 0 aliphatic heterocycles. The summed E-state index contributed by atoms with van der Waals surface area (Å²) < 4.78 is 22.8. The summed E-state index contributed by atoms with van der Waals surface area (Å²) in [6, 6.07) is 3.23. The van der Waals surface area contributed by atoms with E-state index in [4.69, 9.17) is 5.14 Å². The summed E-state index contributed by atoms with van der Waals surface area (Å²) in [7, 11) is -3.65. The van der Waals surface area contributed by atoms with Gasteiger partial charge in [0.25, 0.3) is 0 Å². The predicted octanol–water partition coefficient (Wildman–Crippen LogP) is 2.51. The quantitative estimate of drug-likeness (QED) is 0.759. The maximum absolute atomic E-state index is 11.4. The van der Waals surface area contributed by atoms with Crippen LogP contribution in [0.15, 0.2) is 17.0 Å². The molecule has 0 atom stereocenters. The van der Waals surface area contributed by atoms with E-state index in [-0.39, 0.29) is 4.90 Å². The maximum atomic E-state index is 11.4. The molecular weight excluding hydrogens is 280 g/mol. The van der Waals surface area contributed by atoms with Crippen molar-refractivity contribution in [3.05, 3.63) is 23.3 Å². The number of primary sulfonamides is 1. The molecule has 0 spiro atoms. The van der Waals surface area contributed by atoms with Crippen molar-refractivity contribution >= 4 is 27.5 Å². The number of thioether (sulfide) groups is 1. The molecular formula is C13H22N2O2S2. The summed E-state index contributed by atoms with van der Waals surface area (Å²) in [5.74, 6) is 1.15. The number of sulfonamides is 1. The van der Waals surface area contributed by atoms with Crippen LogP contribution in [-0.2, 0) is 10.0 Å². The molecule has 6 heteroatoms. The van der Waals surface area contributed by atoms with Gasteiger partial charge in [-0.3, -0.25) is 0 Å². The molecule has 0 saturated heterocycles. The first kappa shape index (κ1) is 16.3. The zero-order valence-electron chi connectivity index (χ0n) is 11.7. The number of nitrogens with two attached hydrogens (primary N) is 1. The summed E-state index contributed by atoms with van der Waals surface area (Å²) in [6.45, 7) is 4.71. The predicted molar refractivity (Wildman–Crippen MR) is 83.4 cm³/mol. The molecule has 1 rings (SSSR count). The number of aryl methyl sites for hydroxylation is 1. The van der Waals surface area contributed by atoms with Gasteiger partial charge in [0.1, 0.15) is 0 Å². The average Bonchev–Trinajstić information content (AvgIpc) is 2.32. The van der Waals surface area contributed by atoms with Gasteiger partial charge in [-0.2, -0.15) is 11.8 Å². The normalized spacial score (nSPS) is 11.6. The van der Waals surface area contributed by atoms with Crippen LogP contribution in [0.25, 0.3) is 0 Å². The Labute approximate surface area is 120 Å². The minimum Gasteiger partial charge on any atom is -0.385 e. The van der Waals surface area contributed by atoms with Crippen LogP contribution >= 0.6 is 11.8 Å². The lowest BCUT2D eigenvalue weighted by molar-refractivity contribution is 0.597. The Balaban J connectivity index is 2.80. The molecule has 0 heterocycles. The van der Waals surface area contributed by atoms with E-state index >= 15 is 0 Å². The van der Waals surface area contributed by atoms with Crippen LogP contribution in [0.3, 0.4) is 0 Å². The molecule has 19 heavy (non-hydrogen) atoms. The third kappa shape index (κ3) is 5.04. The van der Waals surface area contributed by atoms with E-state index in [2.05, 4.69) is 11.6 Å². The number of anilines is 1. The second-order valence-corrected chi connectivity index (χ2v) is 7.13. The van der Waals surface area contributed by atoms with Crippen molar-refractivity contribution < 1.29 is 8.42 Å². The van der Waals surface area contributed by atoms with Crippen LogP contribution in [-0.4, -0.2) is 27.0 Å². The third-order valence-corrected chi connectivity index (χ3v) is 4.65. The molecule has 0 bridgehead atoms. The van der Waals surface area contributed by atoms with E-state index in [1.54, 1.807) is 12.1 Å². The van der Waals surface area contributed by atoms with Gasteiger partial charge >= 0.3 is 0 Å². The lowest BCUT2D eigenvalue weighted by Gasteiger charge is -2.13. The third-order valence-electron chi connectivity index (χ3n) is 3.06. The van der Waals surface area contributed by atoms with Gasteiger partial charge in [0.15, 0.2) is 0 Å². The zero-order chi connectivity index (χ0) is 14.5. The minimum atomic E-state index is -3.65. The van der Waals surface area contributed by atoms with Gasteiger partial charge in [0.05, 0.1) is 4.90 Å². The molecule has 0 aliphatic rings. The van der Waals surface area contributed by atoms with Crippen molar-refractivity contribution in [3.63, 3.8) is 0 Å². The van der Waals surface area contributed by atoms with Crippen molar-refractivity contribution in [1.29, 1.82) is 0 Å². The second-order valence-electron chi connectivity index (χ2n) is 4.58. The summed E-state index contributed by atoms with van der Waals surface area (Å²) in [5.41, 5.74) is 2.85. The number of rotatable bonds is 7. The second kappa shape index (κ2) is 7.17. The first-order valence-corrected chi connectivity index (χ1v) is 9.17. The lowest BCUT2D eigenvalue weighted by atomic mass is 10.1. The van der Waals surface area contributed by atoms with E-state index in [1.807, 2.05) is 25.6 Å². The lowest BCUT2D eigenvalue weighted by Crippen LogP contribution is -2.14. The Bertz CT molecular complexity index is 528. The molecule has 0 saturated carbocycles. The fourth-order valence-corrected chi connectivity index (χ4v) is 2.88. The fourth-order valence-electron chi connectivity index (χ4n) is 1.77. The molecule has 0 aromatic heterocycles. The highest BCUT2D eigenvalue weighted by molar-refractivity contribution is 7.98. The Morgan fingerprint density at radius 1 is 1.26 bits per heavy atom. The van der Waals surface area contributed by atoms with Crippen LogP contribution in [0.5, 0.6) is 0 Å². The smallest absolute Gasteiger partial charge is 0.238 e. The molecule has 0 amide bonds. The zero-order valence-corrected chi connectivity index (χ0v) is 13.3. The van der Waals surface area contributed by atoms with Gasteiger partial charge in [-0.1, -0.05) is 0 Å². The van der Waals surface area contributed by atoms with Crippen molar-refractivity contribution in [2.24, 2.45) is 5.14 Å². The SMILES string of the molecule is CSCCCCNc1cc(S(N)(=O)=O)cc(C)c1C. The molecule has 3 N–H and O–H groups in total. The summed E-state index contributed by atoms with van der Waals surface area (Å²) >= 11 is 1.84. The van der Waals surface area contributed by atoms with Crippen LogP contribution in [0.4, 0.5) is 5.69 Å². The minimum absolute atomic E-state index is 0.169. The Morgan fingerprint density at radius 3 is 2.53 bits per heavy atom. The Morgan fingerprint density at radius 2 is 1.95 bits per heavy atom. The van der Waals surface area contributed by atoms with Crippen LogP contribution in [0.1, 0.15) is 24.0 Å². The number of unbranched alkanes of at least 4 members (excludes halogenated alkanes) is 1. The fraction of sp³-hybridized carbons (Fsp3) is 0.538. The number of hydrogen-bond donors (Lipinski definition) is 2. The van der Waals surface area contributed by atoms with Crippen molar-refractivity contribution in [3.8, 4) is 0 Å². The number of hydrogen-bond acceptors (Lipinski definition) is 4. The van der Waals surface area contributed by atoms with Gasteiger partial charge < -0.3 is 5.32 Å². The maximum Gasteiger partial charge on any atom is 0.238 e. The highest BCUT2D eigenvalue weighted by Crippen LogP contribution is 2.23. The van der Waals surface area contributed by atoms with Crippen molar-refractivity contribution in [2.45, 2.75) is 31.6 Å². The van der Waals surface area contributed by atoms with Gasteiger partial charge in [0, 0.05) is 12.2 Å². The van der Waals surface area contributed by atoms with Gasteiger partial charge in [-0.15, -0.1) is 0 Å². The summed E-state index contributed by atoms with van der Waals surface area (Å²) in [4.78, 5) is 0.169. The van der Waals surface area contributed by atoms with Gasteiger partial charge in [-0.05, 0) is 62.0 Å². The van der Waals surface area contributed by atoms with Gasteiger partial charge in [-0.25, -0.2) is 13.6 Å². The molecule has 0 fully saturated rings. The Hall–Kier alpha value is -0.720. The Kier molecular flexibility index (Phi) is 6.16. The monoisotopic (exact) mass is 302 g/mol. The molecule has 0 aliphatic carbocycles. The van der Waals surface area contributed by atoms with Crippen LogP contribution < -0.4 is 10.5 Å². The van der Waals surface area contributed by atoms with Crippen molar-refractivity contribution in [1.82, 2.24) is 0 Å². The van der Waals surface area contributed by atoms with E-state index in [0.717, 1.165) is 42.0 Å². The van der Waals surface area contributed by atoms with E-state index in [9.17, 15) is 8.42 Å². The molecule has 1 aromatic rings. The summed E-state index contributed by atoms with van der Waals surface area (Å²) in [5, 5.41) is 8.48. The standard InChI is InChI=1S/C13H22N2O2S2/c1-10-8-12(19(14,16)17)9-13(11(10)2)15-6-4-5-7-18-3/h8-9,15H,4-7H2,1-3H3,(H2,14,16,17). The van der Waals surface area contributed by atoms with Gasteiger partial charge in [0.2, 0.25) is 10.0 Å². The van der Waals surface area contributed by atoms with E-state index in [1.165, 1.54) is 0 Å². The van der Waals surface area contributed by atoms with Crippen LogP contribution in [0, 0.1) is 13.8 Å². The summed E-state index contributed by atoms with van der Waals surface area (Å²) in [6.07, 6.45) is 4.32. The van der Waals surface area contributed by atoms with Crippen LogP contribution in [0.2, 0.25) is 0 Å². The topological polar surface area (TPSA) is 72.2 Å². The average molecular weight is 302 g/mol. The van der Waals surface area contributed by atoms with E-state index < -0.39 is 10.0 Å².